The first-order valence-corrected chi connectivity index (χ1v) is 9.41. The molecule has 0 atom stereocenters. The quantitative estimate of drug-likeness (QED) is 0.574. The zero-order chi connectivity index (χ0) is 17.7. The Balaban J connectivity index is 1.53. The van der Waals surface area contributed by atoms with Gasteiger partial charge in [-0.15, -0.1) is 0 Å². The van der Waals surface area contributed by atoms with E-state index >= 15 is 0 Å². The first-order chi connectivity index (χ1) is 12.1. The molecule has 1 aliphatic heterocycles. The molecule has 1 fully saturated rings. The predicted molar refractivity (Wildman–Crippen MR) is 89.0 cm³/mol. The highest BCUT2D eigenvalue weighted by atomic mass is 32.2. The maximum absolute atomic E-state index is 12.4. The van der Waals surface area contributed by atoms with Gasteiger partial charge in [0.25, 0.3) is 0 Å². The minimum Gasteiger partial charge on any atom is -0.364 e. The summed E-state index contributed by atoms with van der Waals surface area (Å²) in [5.41, 5.74) is 1.18. The molecule has 3 rings (SSSR count). The van der Waals surface area contributed by atoms with Crippen LogP contribution in [-0.4, -0.2) is 67.1 Å². The summed E-state index contributed by atoms with van der Waals surface area (Å²) in [4.78, 5) is 6.26. The molecule has 1 aliphatic rings. The van der Waals surface area contributed by atoms with Gasteiger partial charge in [-0.1, -0.05) is 10.3 Å². The van der Waals surface area contributed by atoms with Gasteiger partial charge in [0.1, 0.15) is 24.0 Å². The molecule has 0 saturated carbocycles. The van der Waals surface area contributed by atoms with Crippen molar-refractivity contribution in [2.45, 2.75) is 12.3 Å². The van der Waals surface area contributed by atoms with Crippen LogP contribution in [-0.2, 0) is 22.3 Å². The van der Waals surface area contributed by atoms with Crippen LogP contribution >= 0.6 is 0 Å². The topological polar surface area (TPSA) is 117 Å². The van der Waals surface area contributed by atoms with Crippen LogP contribution in [0.1, 0.15) is 11.4 Å². The summed E-state index contributed by atoms with van der Waals surface area (Å²) in [6.45, 7) is 2.39. The van der Waals surface area contributed by atoms with Crippen molar-refractivity contribution < 1.29 is 17.5 Å². The normalized spacial score (nSPS) is 17.0. The van der Waals surface area contributed by atoms with Crippen molar-refractivity contribution in [1.29, 1.82) is 0 Å². The number of nitrogens with zero attached hydrogens (tertiary/aromatic N) is 5. The van der Waals surface area contributed by atoms with Crippen LogP contribution in [0.15, 0.2) is 38.7 Å². The molecule has 0 bridgehead atoms. The molecular weight excluding hydrogens is 348 g/mol. The summed E-state index contributed by atoms with van der Waals surface area (Å²) >= 11 is 0. The van der Waals surface area contributed by atoms with Crippen LogP contribution in [0.25, 0.3) is 0 Å². The maximum atomic E-state index is 12.4. The van der Waals surface area contributed by atoms with Gasteiger partial charge < -0.3 is 19.3 Å². The third kappa shape index (κ3) is 4.37. The molecule has 1 N–H and O–H groups in total. The van der Waals surface area contributed by atoms with Crippen LogP contribution in [0, 0.1) is 0 Å². The first-order valence-electron chi connectivity index (χ1n) is 7.80. The van der Waals surface area contributed by atoms with Gasteiger partial charge in [0.05, 0.1) is 12.2 Å². The van der Waals surface area contributed by atoms with E-state index < -0.39 is 10.0 Å². The first kappa shape index (κ1) is 17.4. The smallest absolute Gasteiger partial charge is 0.220 e. The van der Waals surface area contributed by atoms with Crippen LogP contribution in [0.2, 0.25) is 0 Å². The van der Waals surface area contributed by atoms with Gasteiger partial charge in [0, 0.05) is 45.4 Å². The largest absolute Gasteiger partial charge is 0.364 e. The molecule has 2 aromatic rings. The van der Waals surface area contributed by atoms with E-state index in [0.717, 1.165) is 5.69 Å². The van der Waals surface area contributed by atoms with E-state index in [1.54, 1.807) is 19.2 Å². The lowest BCUT2D eigenvalue weighted by Crippen LogP contribution is -2.53. The number of hydrogen-bond donors (Lipinski definition) is 1. The van der Waals surface area contributed by atoms with Crippen molar-refractivity contribution in [3.63, 3.8) is 0 Å². The molecule has 0 spiro atoms. The van der Waals surface area contributed by atoms with E-state index in [0.29, 0.717) is 44.4 Å². The van der Waals surface area contributed by atoms with Crippen molar-refractivity contribution in [1.82, 2.24) is 24.8 Å². The number of aromatic nitrogens is 2. The van der Waals surface area contributed by atoms with Crippen LogP contribution < -0.4 is 5.32 Å². The fourth-order valence-electron chi connectivity index (χ4n) is 2.60. The lowest BCUT2D eigenvalue weighted by molar-refractivity contribution is 0.259. The van der Waals surface area contributed by atoms with E-state index in [2.05, 4.69) is 20.6 Å². The molecule has 0 unspecified atom stereocenters. The number of nitrogens with one attached hydrogen (secondary N) is 1. The molecular formula is C14H20N6O4S. The summed E-state index contributed by atoms with van der Waals surface area (Å²) in [6.07, 6.45) is 2.88. The molecule has 11 heteroatoms. The minimum atomic E-state index is -3.41. The van der Waals surface area contributed by atoms with Crippen LogP contribution in [0.3, 0.4) is 0 Å². The number of guanidine groups is 1. The summed E-state index contributed by atoms with van der Waals surface area (Å²) in [6, 6.07) is 3.33. The van der Waals surface area contributed by atoms with Gasteiger partial charge in [-0.25, -0.2) is 8.42 Å². The molecule has 2 aromatic heterocycles. The lowest BCUT2D eigenvalue weighted by Gasteiger charge is -2.35. The van der Waals surface area contributed by atoms with Gasteiger partial charge in [-0.2, -0.15) is 4.31 Å². The zero-order valence-corrected chi connectivity index (χ0v) is 14.6. The van der Waals surface area contributed by atoms with Gasteiger partial charge in [0.2, 0.25) is 10.0 Å². The van der Waals surface area contributed by atoms with E-state index in [1.807, 2.05) is 4.90 Å². The van der Waals surface area contributed by atoms with Gasteiger partial charge >= 0.3 is 0 Å². The third-order valence-corrected chi connectivity index (χ3v) is 5.70. The van der Waals surface area contributed by atoms with Gasteiger partial charge in [-0.05, 0) is 0 Å². The Labute approximate surface area is 145 Å². The Morgan fingerprint density at radius 3 is 2.36 bits per heavy atom. The Hall–Kier alpha value is -2.40. The highest BCUT2D eigenvalue weighted by Crippen LogP contribution is 2.13. The van der Waals surface area contributed by atoms with Gasteiger partial charge in [0.15, 0.2) is 5.96 Å². The molecule has 1 saturated heterocycles. The number of aliphatic imine (C=N–C) groups is 1. The fourth-order valence-corrected chi connectivity index (χ4v) is 4.02. The summed E-state index contributed by atoms with van der Waals surface area (Å²) in [5, 5.41) is 10.7. The van der Waals surface area contributed by atoms with Crippen molar-refractivity contribution in [3.8, 4) is 0 Å². The molecule has 3 heterocycles. The summed E-state index contributed by atoms with van der Waals surface area (Å²) in [5.74, 6) is 0.555. The molecule has 0 radical (unpaired) electrons. The molecule has 136 valence electrons. The number of rotatable bonds is 5. The Morgan fingerprint density at radius 1 is 1.16 bits per heavy atom. The Morgan fingerprint density at radius 2 is 1.80 bits per heavy atom. The highest BCUT2D eigenvalue weighted by Gasteiger charge is 2.28. The summed E-state index contributed by atoms with van der Waals surface area (Å²) in [7, 11) is -1.72. The molecule has 25 heavy (non-hydrogen) atoms. The number of hydrogen-bond acceptors (Lipinski definition) is 7. The minimum absolute atomic E-state index is 0.150. The van der Waals surface area contributed by atoms with E-state index in [-0.39, 0.29) is 5.75 Å². The molecule has 0 amide bonds. The molecule has 10 nitrogen and oxygen atoms in total. The molecule has 0 aromatic carbocycles. The molecule has 0 aliphatic carbocycles. The van der Waals surface area contributed by atoms with Crippen molar-refractivity contribution in [2.24, 2.45) is 4.99 Å². The third-order valence-electron chi connectivity index (χ3n) is 3.88. The number of piperazine rings is 1. The average Bonchev–Trinajstić information content (AvgIpc) is 3.29. The van der Waals surface area contributed by atoms with Crippen molar-refractivity contribution >= 4 is 16.0 Å². The second-order valence-electron chi connectivity index (χ2n) is 5.52. The maximum Gasteiger partial charge on any atom is 0.220 e. The second-order valence-corrected chi connectivity index (χ2v) is 7.49. The van der Waals surface area contributed by atoms with E-state index in [1.165, 1.54) is 16.8 Å². The number of sulfonamides is 1. The van der Waals surface area contributed by atoms with Crippen molar-refractivity contribution in [2.75, 3.05) is 33.2 Å². The van der Waals surface area contributed by atoms with Gasteiger partial charge in [-0.3, -0.25) is 4.99 Å². The van der Waals surface area contributed by atoms with Crippen molar-refractivity contribution in [3.05, 3.63) is 36.0 Å². The SMILES string of the molecule is CN=C(NCc1ccon1)N1CCN(S(=O)(=O)Cc2ccon2)CC1. The highest BCUT2D eigenvalue weighted by molar-refractivity contribution is 7.88. The second kappa shape index (κ2) is 7.66. The van der Waals surface area contributed by atoms with E-state index in [9.17, 15) is 8.42 Å². The van der Waals surface area contributed by atoms with E-state index in [4.69, 9.17) is 9.05 Å². The standard InChI is InChI=1S/C14H20N6O4S/c1-15-14(16-10-12-2-8-23-17-12)19-4-6-20(7-5-19)25(21,22)11-13-3-9-24-18-13/h2-3,8-9H,4-7,10-11H2,1H3,(H,15,16). The lowest BCUT2D eigenvalue weighted by atomic mass is 10.4. The van der Waals surface area contributed by atoms with Crippen LogP contribution in [0.5, 0.6) is 0 Å². The Kier molecular flexibility index (Phi) is 5.34. The van der Waals surface area contributed by atoms with Crippen LogP contribution in [0.4, 0.5) is 0 Å². The Bertz CT molecular complexity index is 779. The average molecular weight is 368 g/mol. The zero-order valence-electron chi connectivity index (χ0n) is 13.8. The monoisotopic (exact) mass is 368 g/mol. The fraction of sp³-hybridized carbons (Fsp3) is 0.500. The predicted octanol–water partition coefficient (Wildman–Crippen LogP) is -0.114. The summed E-state index contributed by atoms with van der Waals surface area (Å²) < 4.78 is 35.8.